The molecule has 0 radical (unpaired) electrons. The molecule has 0 saturated heterocycles. The third-order valence-electron chi connectivity index (χ3n) is 3.46. The maximum Gasteiger partial charge on any atom is 0.128 e. The number of para-hydroxylation sites is 1. The van der Waals surface area contributed by atoms with E-state index in [9.17, 15) is 5.11 Å². The van der Waals surface area contributed by atoms with E-state index in [-0.39, 0.29) is 0 Å². The largest absolute Gasteiger partial charge is 0.493 e. The molecule has 0 spiro atoms. The second kappa shape index (κ2) is 5.24. The lowest BCUT2D eigenvalue weighted by Gasteiger charge is -2.23. The van der Waals surface area contributed by atoms with E-state index in [1.807, 2.05) is 30.3 Å². The average molecular weight is 275 g/mol. The van der Waals surface area contributed by atoms with Gasteiger partial charge in [-0.15, -0.1) is 0 Å². The first-order valence-electron chi connectivity index (χ1n) is 6.44. The van der Waals surface area contributed by atoms with Gasteiger partial charge in [-0.3, -0.25) is 0 Å². The molecule has 1 unspecified atom stereocenters. The van der Waals surface area contributed by atoms with Crippen molar-refractivity contribution in [3.05, 3.63) is 64.2 Å². The number of fused-ring (bicyclic) bond motifs is 1. The average Bonchev–Trinajstić information content (AvgIpc) is 2.46. The minimum Gasteiger partial charge on any atom is -0.493 e. The zero-order chi connectivity index (χ0) is 13.2. The lowest BCUT2D eigenvalue weighted by atomic mass is 9.95. The van der Waals surface area contributed by atoms with Crippen molar-refractivity contribution in [3.63, 3.8) is 0 Å². The molecule has 1 N–H and O–H groups in total. The first-order valence-corrected chi connectivity index (χ1v) is 6.82. The highest BCUT2D eigenvalue weighted by Crippen LogP contribution is 2.37. The molecule has 0 saturated carbocycles. The predicted octanol–water partition coefficient (Wildman–Crippen LogP) is 3.75. The number of benzene rings is 2. The van der Waals surface area contributed by atoms with Gasteiger partial charge in [-0.2, -0.15) is 0 Å². The fourth-order valence-electron chi connectivity index (χ4n) is 2.49. The summed E-state index contributed by atoms with van der Waals surface area (Å²) in [6.07, 6.45) is 1.28. The van der Waals surface area contributed by atoms with Gasteiger partial charge in [-0.25, -0.2) is 0 Å². The lowest BCUT2D eigenvalue weighted by Crippen LogP contribution is -2.12. The smallest absolute Gasteiger partial charge is 0.128 e. The Morgan fingerprint density at radius 1 is 1.05 bits per heavy atom. The van der Waals surface area contributed by atoms with Gasteiger partial charge in [0.2, 0.25) is 0 Å². The van der Waals surface area contributed by atoms with Crippen LogP contribution in [-0.2, 0) is 6.42 Å². The third kappa shape index (κ3) is 2.34. The van der Waals surface area contributed by atoms with Crippen LogP contribution in [0.4, 0.5) is 0 Å². The van der Waals surface area contributed by atoms with E-state index < -0.39 is 6.10 Å². The molecule has 0 bridgehead atoms. The second-order valence-corrected chi connectivity index (χ2v) is 5.12. The predicted molar refractivity (Wildman–Crippen MR) is 75.8 cm³/mol. The molecule has 2 aromatic rings. The molecule has 1 aliphatic rings. The molecule has 0 aromatic heterocycles. The Morgan fingerprint density at radius 2 is 1.84 bits per heavy atom. The van der Waals surface area contributed by atoms with Crippen molar-refractivity contribution in [2.24, 2.45) is 0 Å². The topological polar surface area (TPSA) is 29.5 Å². The fourth-order valence-corrected chi connectivity index (χ4v) is 2.73. The molecule has 3 rings (SSSR count). The number of ether oxygens (including phenoxy) is 1. The minimum atomic E-state index is -0.748. The van der Waals surface area contributed by atoms with E-state index in [1.165, 1.54) is 0 Å². The highest BCUT2D eigenvalue weighted by atomic mass is 35.5. The van der Waals surface area contributed by atoms with Crippen LogP contribution in [-0.4, -0.2) is 11.7 Å². The minimum absolute atomic E-state index is 0.573. The van der Waals surface area contributed by atoms with E-state index in [1.54, 1.807) is 6.07 Å². The van der Waals surface area contributed by atoms with Crippen molar-refractivity contribution in [1.29, 1.82) is 0 Å². The first-order chi connectivity index (χ1) is 9.27. The summed E-state index contributed by atoms with van der Waals surface area (Å²) in [6, 6.07) is 13.3. The van der Waals surface area contributed by atoms with Crippen molar-refractivity contribution >= 4 is 11.6 Å². The maximum atomic E-state index is 10.6. The zero-order valence-electron chi connectivity index (χ0n) is 10.5. The van der Waals surface area contributed by atoms with Crippen LogP contribution in [0.3, 0.4) is 0 Å². The third-order valence-corrected chi connectivity index (χ3v) is 3.80. The summed E-state index contributed by atoms with van der Waals surface area (Å²) in [7, 11) is 0. The van der Waals surface area contributed by atoms with Crippen molar-refractivity contribution in [3.8, 4) is 5.75 Å². The van der Waals surface area contributed by atoms with Crippen LogP contribution < -0.4 is 4.74 Å². The Labute approximate surface area is 117 Å². The number of hydrogen-bond donors (Lipinski definition) is 1. The van der Waals surface area contributed by atoms with Gasteiger partial charge in [-0.05, 0) is 24.5 Å². The van der Waals surface area contributed by atoms with Gasteiger partial charge in [0.15, 0.2) is 0 Å². The molecule has 3 heteroatoms. The van der Waals surface area contributed by atoms with Crippen molar-refractivity contribution in [1.82, 2.24) is 0 Å². The molecule has 1 heterocycles. The standard InChI is InChI=1S/C16H15ClO2/c17-14-9-2-1-7-12(14)15(18)13-8-3-5-11-6-4-10-19-16(11)13/h1-3,5,7-9,15,18H,4,6,10H2. The van der Waals surface area contributed by atoms with Gasteiger partial charge in [-0.1, -0.05) is 48.0 Å². The van der Waals surface area contributed by atoms with E-state index >= 15 is 0 Å². The number of halogens is 1. The van der Waals surface area contributed by atoms with E-state index in [4.69, 9.17) is 16.3 Å². The Morgan fingerprint density at radius 3 is 2.68 bits per heavy atom. The van der Waals surface area contributed by atoms with Crippen molar-refractivity contribution in [2.75, 3.05) is 6.61 Å². The Balaban J connectivity index is 2.05. The van der Waals surface area contributed by atoms with Crippen LogP contribution in [0.1, 0.15) is 29.2 Å². The van der Waals surface area contributed by atoms with Crippen LogP contribution in [0.2, 0.25) is 5.02 Å². The monoisotopic (exact) mass is 274 g/mol. The van der Waals surface area contributed by atoms with Crippen molar-refractivity contribution < 1.29 is 9.84 Å². The normalized spacial score (nSPS) is 15.5. The SMILES string of the molecule is OC(c1ccccc1Cl)c1cccc2c1OCCC2. The molecule has 1 atom stereocenters. The van der Waals surface area contributed by atoms with E-state index in [0.717, 1.165) is 29.7 Å². The summed E-state index contributed by atoms with van der Waals surface area (Å²) in [5.74, 6) is 0.821. The summed E-state index contributed by atoms with van der Waals surface area (Å²) in [6.45, 7) is 0.708. The summed E-state index contributed by atoms with van der Waals surface area (Å²) >= 11 is 6.15. The highest BCUT2D eigenvalue weighted by Gasteiger charge is 2.21. The van der Waals surface area contributed by atoms with Gasteiger partial charge in [0.25, 0.3) is 0 Å². The molecule has 19 heavy (non-hydrogen) atoms. The fraction of sp³-hybridized carbons (Fsp3) is 0.250. The molecular formula is C16H15ClO2. The summed E-state index contributed by atoms with van der Waals surface area (Å²) in [4.78, 5) is 0. The first kappa shape index (κ1) is 12.5. The highest BCUT2D eigenvalue weighted by molar-refractivity contribution is 6.31. The summed E-state index contributed by atoms with van der Waals surface area (Å²) < 4.78 is 5.73. The van der Waals surface area contributed by atoms with Crippen LogP contribution in [0.15, 0.2) is 42.5 Å². The number of aliphatic hydroxyl groups excluding tert-OH is 1. The maximum absolute atomic E-state index is 10.6. The molecule has 0 fully saturated rings. The van der Waals surface area contributed by atoms with Crippen LogP contribution in [0, 0.1) is 0 Å². The Kier molecular flexibility index (Phi) is 3.45. The number of rotatable bonds is 2. The van der Waals surface area contributed by atoms with Gasteiger partial charge in [0.05, 0.1) is 6.61 Å². The van der Waals surface area contributed by atoms with Gasteiger partial charge in [0, 0.05) is 16.1 Å². The molecule has 2 aromatic carbocycles. The molecule has 0 aliphatic carbocycles. The van der Waals surface area contributed by atoms with Crippen molar-refractivity contribution in [2.45, 2.75) is 18.9 Å². The second-order valence-electron chi connectivity index (χ2n) is 4.71. The summed E-state index contributed by atoms with van der Waals surface area (Å²) in [5, 5.41) is 11.1. The number of aliphatic hydroxyl groups is 1. The Bertz CT molecular complexity index is 595. The lowest BCUT2D eigenvalue weighted by molar-refractivity contribution is 0.207. The quantitative estimate of drug-likeness (QED) is 0.904. The number of aryl methyl sites for hydroxylation is 1. The Hall–Kier alpha value is -1.51. The van der Waals surface area contributed by atoms with Crippen LogP contribution in [0.5, 0.6) is 5.75 Å². The molecule has 0 amide bonds. The molecule has 1 aliphatic heterocycles. The molecule has 98 valence electrons. The van der Waals surface area contributed by atoms with Crippen LogP contribution in [0.25, 0.3) is 0 Å². The van der Waals surface area contributed by atoms with Gasteiger partial charge >= 0.3 is 0 Å². The van der Waals surface area contributed by atoms with Crippen LogP contribution >= 0.6 is 11.6 Å². The van der Waals surface area contributed by atoms with Gasteiger partial charge in [0.1, 0.15) is 11.9 Å². The zero-order valence-corrected chi connectivity index (χ0v) is 11.2. The molecule has 2 nitrogen and oxygen atoms in total. The van der Waals surface area contributed by atoms with E-state index in [0.29, 0.717) is 17.2 Å². The van der Waals surface area contributed by atoms with E-state index in [2.05, 4.69) is 6.07 Å². The summed E-state index contributed by atoms with van der Waals surface area (Å²) in [5.41, 5.74) is 2.67. The van der Waals surface area contributed by atoms with Gasteiger partial charge < -0.3 is 9.84 Å². The molecular weight excluding hydrogens is 260 g/mol. The number of hydrogen-bond acceptors (Lipinski definition) is 2.